The van der Waals surface area contributed by atoms with Gasteiger partial charge in [-0.1, -0.05) is 20.8 Å². The molecule has 2 aliphatic rings. The summed E-state index contributed by atoms with van der Waals surface area (Å²) in [4.78, 5) is 19.3. The molecule has 0 bridgehead atoms. The zero-order chi connectivity index (χ0) is 13.3. The van der Waals surface area contributed by atoms with Crippen LogP contribution in [-0.4, -0.2) is 73.0 Å². The summed E-state index contributed by atoms with van der Waals surface area (Å²) in [5.41, 5.74) is 0.0948. The van der Waals surface area contributed by atoms with E-state index in [4.69, 9.17) is 0 Å². The van der Waals surface area contributed by atoms with Crippen LogP contribution in [0, 0.1) is 5.41 Å². The average Bonchev–Trinajstić information content (AvgIpc) is 2.25. The number of rotatable bonds is 1. The third kappa shape index (κ3) is 3.45. The van der Waals surface area contributed by atoms with Gasteiger partial charge in [0, 0.05) is 51.7 Å². The van der Waals surface area contributed by atoms with Gasteiger partial charge in [-0.3, -0.25) is 9.69 Å². The van der Waals surface area contributed by atoms with Gasteiger partial charge in [-0.25, -0.2) is 0 Å². The molecule has 4 nitrogen and oxygen atoms in total. The summed E-state index contributed by atoms with van der Waals surface area (Å²) in [6.07, 6.45) is 0.662. The molecule has 0 aromatic rings. The van der Waals surface area contributed by atoms with Gasteiger partial charge in [0.05, 0.1) is 0 Å². The van der Waals surface area contributed by atoms with Gasteiger partial charge in [0.2, 0.25) is 5.91 Å². The van der Waals surface area contributed by atoms with Crippen molar-refractivity contribution in [3.63, 3.8) is 0 Å². The highest BCUT2D eigenvalue weighted by molar-refractivity contribution is 5.77. The Hall–Kier alpha value is -0.610. The predicted octanol–water partition coefficient (Wildman–Crippen LogP) is 0.881. The lowest BCUT2D eigenvalue weighted by Crippen LogP contribution is -2.62. The number of nitrogens with zero attached hydrogens (tertiary/aromatic N) is 3. The summed E-state index contributed by atoms with van der Waals surface area (Å²) >= 11 is 0. The van der Waals surface area contributed by atoms with Gasteiger partial charge in [0.1, 0.15) is 0 Å². The molecule has 1 atom stereocenters. The van der Waals surface area contributed by atoms with Crippen molar-refractivity contribution in [3.8, 4) is 0 Å². The van der Waals surface area contributed by atoms with E-state index in [-0.39, 0.29) is 5.41 Å². The largest absolute Gasteiger partial charge is 0.340 e. The molecule has 1 amide bonds. The molecule has 0 N–H and O–H groups in total. The number of likely N-dealkylation sites (N-methyl/N-ethyl adjacent to an activating group) is 1. The lowest BCUT2D eigenvalue weighted by atomic mass is 9.91. The number of piperazine rings is 2. The zero-order valence-electron chi connectivity index (χ0n) is 12.3. The Morgan fingerprint density at radius 3 is 2.44 bits per heavy atom. The summed E-state index contributed by atoms with van der Waals surface area (Å²) in [6, 6.07) is 0.543. The van der Waals surface area contributed by atoms with Gasteiger partial charge >= 0.3 is 0 Å². The van der Waals surface area contributed by atoms with Crippen molar-refractivity contribution in [2.45, 2.75) is 33.2 Å². The molecule has 18 heavy (non-hydrogen) atoms. The van der Waals surface area contributed by atoms with E-state index in [0.717, 1.165) is 39.3 Å². The Morgan fingerprint density at radius 2 is 1.78 bits per heavy atom. The molecule has 0 aliphatic carbocycles. The molecule has 2 rings (SSSR count). The van der Waals surface area contributed by atoms with Crippen LogP contribution in [0.25, 0.3) is 0 Å². The number of carbonyl (C=O) groups excluding carboxylic acids is 1. The van der Waals surface area contributed by atoms with Gasteiger partial charge < -0.3 is 9.80 Å². The van der Waals surface area contributed by atoms with Gasteiger partial charge in [-0.2, -0.15) is 0 Å². The standard InChI is InChI=1S/C14H27N3O/c1-14(2,3)9-13(18)17-8-7-16-6-5-15(4)10-12(16)11-17/h12H,5-11H2,1-4H3. The van der Waals surface area contributed by atoms with Crippen LogP contribution in [0.2, 0.25) is 0 Å². The van der Waals surface area contributed by atoms with Crippen molar-refractivity contribution in [2.24, 2.45) is 5.41 Å². The highest BCUT2D eigenvalue weighted by Gasteiger charge is 2.33. The molecule has 0 radical (unpaired) electrons. The van der Waals surface area contributed by atoms with E-state index < -0.39 is 0 Å². The van der Waals surface area contributed by atoms with E-state index in [1.54, 1.807) is 0 Å². The molecule has 4 heteroatoms. The quantitative estimate of drug-likeness (QED) is 0.694. The Labute approximate surface area is 111 Å². The van der Waals surface area contributed by atoms with Gasteiger partial charge in [0.25, 0.3) is 0 Å². The minimum Gasteiger partial charge on any atom is -0.340 e. The molecule has 0 aromatic heterocycles. The fraction of sp³-hybridized carbons (Fsp3) is 0.929. The molecular formula is C14H27N3O. The molecule has 2 heterocycles. The van der Waals surface area contributed by atoms with Crippen molar-refractivity contribution < 1.29 is 4.79 Å². The Balaban J connectivity index is 1.91. The monoisotopic (exact) mass is 253 g/mol. The number of hydrogen-bond acceptors (Lipinski definition) is 3. The topological polar surface area (TPSA) is 26.8 Å². The summed E-state index contributed by atoms with van der Waals surface area (Å²) in [6.45, 7) is 12.7. The van der Waals surface area contributed by atoms with Crippen LogP contribution in [0.3, 0.4) is 0 Å². The summed E-state index contributed by atoms with van der Waals surface area (Å²) in [5, 5.41) is 0. The molecule has 104 valence electrons. The number of carbonyl (C=O) groups is 1. The highest BCUT2D eigenvalue weighted by Crippen LogP contribution is 2.22. The Morgan fingerprint density at radius 1 is 1.11 bits per heavy atom. The summed E-state index contributed by atoms with van der Waals surface area (Å²) in [5.74, 6) is 0.329. The predicted molar refractivity (Wildman–Crippen MR) is 73.5 cm³/mol. The summed E-state index contributed by atoms with van der Waals surface area (Å²) in [7, 11) is 2.17. The van der Waals surface area contributed by atoms with Crippen LogP contribution in [0.4, 0.5) is 0 Å². The number of fused-ring (bicyclic) bond motifs is 1. The molecule has 0 spiro atoms. The number of amides is 1. The average molecular weight is 253 g/mol. The maximum Gasteiger partial charge on any atom is 0.223 e. The second kappa shape index (κ2) is 5.17. The normalized spacial score (nSPS) is 27.1. The van der Waals surface area contributed by atoms with Gasteiger partial charge in [-0.05, 0) is 12.5 Å². The number of hydrogen-bond donors (Lipinski definition) is 0. The van der Waals surface area contributed by atoms with E-state index >= 15 is 0 Å². The van der Waals surface area contributed by atoms with Crippen molar-refractivity contribution in [2.75, 3.05) is 46.3 Å². The first-order valence-corrected chi connectivity index (χ1v) is 7.05. The first-order valence-electron chi connectivity index (χ1n) is 7.05. The molecule has 1 unspecified atom stereocenters. The van der Waals surface area contributed by atoms with Gasteiger partial charge in [0.15, 0.2) is 0 Å². The fourth-order valence-electron chi connectivity index (χ4n) is 2.90. The minimum atomic E-state index is 0.0948. The maximum atomic E-state index is 12.3. The first kappa shape index (κ1) is 13.8. The second-order valence-electron chi connectivity index (χ2n) is 7.03. The van der Waals surface area contributed by atoms with E-state index in [0.29, 0.717) is 18.4 Å². The molecule has 0 aromatic carbocycles. The van der Waals surface area contributed by atoms with Crippen molar-refractivity contribution in [3.05, 3.63) is 0 Å². The van der Waals surface area contributed by atoms with Crippen molar-refractivity contribution >= 4 is 5.91 Å². The van der Waals surface area contributed by atoms with E-state index in [2.05, 4.69) is 42.5 Å². The van der Waals surface area contributed by atoms with Crippen molar-refractivity contribution in [1.29, 1.82) is 0 Å². The van der Waals surface area contributed by atoms with Crippen LogP contribution in [-0.2, 0) is 4.79 Å². The van der Waals surface area contributed by atoms with Crippen molar-refractivity contribution in [1.82, 2.24) is 14.7 Å². The lowest BCUT2D eigenvalue weighted by Gasteiger charge is -2.46. The fourth-order valence-corrected chi connectivity index (χ4v) is 2.90. The van der Waals surface area contributed by atoms with Crippen LogP contribution in [0.5, 0.6) is 0 Å². The zero-order valence-corrected chi connectivity index (χ0v) is 12.3. The smallest absolute Gasteiger partial charge is 0.223 e. The Kier molecular flexibility index (Phi) is 3.97. The third-order valence-electron chi connectivity index (χ3n) is 3.93. The highest BCUT2D eigenvalue weighted by atomic mass is 16.2. The van der Waals surface area contributed by atoms with Crippen LogP contribution < -0.4 is 0 Å². The summed E-state index contributed by atoms with van der Waals surface area (Å²) < 4.78 is 0. The molecule has 2 saturated heterocycles. The Bertz CT molecular complexity index is 311. The molecule has 2 aliphatic heterocycles. The molecular weight excluding hydrogens is 226 g/mol. The van der Waals surface area contributed by atoms with Gasteiger partial charge in [-0.15, -0.1) is 0 Å². The van der Waals surface area contributed by atoms with E-state index in [1.807, 2.05) is 0 Å². The molecule has 2 fully saturated rings. The first-order chi connectivity index (χ1) is 8.35. The maximum absolute atomic E-state index is 12.3. The van der Waals surface area contributed by atoms with E-state index in [9.17, 15) is 4.79 Å². The SMILES string of the molecule is CN1CCN2CCN(C(=O)CC(C)(C)C)CC2C1. The molecule has 0 saturated carbocycles. The van der Waals surface area contributed by atoms with Crippen LogP contribution >= 0.6 is 0 Å². The minimum absolute atomic E-state index is 0.0948. The lowest BCUT2D eigenvalue weighted by molar-refractivity contribution is -0.137. The van der Waals surface area contributed by atoms with Crippen LogP contribution in [0.15, 0.2) is 0 Å². The van der Waals surface area contributed by atoms with E-state index in [1.165, 1.54) is 0 Å². The second-order valence-corrected chi connectivity index (χ2v) is 7.03. The third-order valence-corrected chi connectivity index (χ3v) is 3.93. The van der Waals surface area contributed by atoms with Crippen LogP contribution in [0.1, 0.15) is 27.2 Å².